The molecule has 1 amide bonds. The molecule has 0 aromatic heterocycles. The molecule has 33 heavy (non-hydrogen) atoms. The molecule has 2 aromatic rings. The van der Waals surface area contributed by atoms with Gasteiger partial charge in [-0.05, 0) is 49.4 Å². The molecule has 4 rings (SSSR count). The zero-order chi connectivity index (χ0) is 22.2. The zero-order valence-electron chi connectivity index (χ0n) is 19.4. The first-order valence-corrected chi connectivity index (χ1v) is 11.9. The Labute approximate surface area is 214 Å². The molecule has 2 aliphatic rings. The van der Waals surface area contributed by atoms with Gasteiger partial charge in [0.2, 0.25) is 5.91 Å². The van der Waals surface area contributed by atoms with Crippen LogP contribution in [0.1, 0.15) is 36.8 Å². The number of benzene rings is 2. The number of amides is 1. The molecule has 2 aromatic carbocycles. The second-order valence-corrected chi connectivity index (χ2v) is 8.83. The van der Waals surface area contributed by atoms with E-state index in [0.29, 0.717) is 18.9 Å². The van der Waals surface area contributed by atoms with E-state index in [1.165, 1.54) is 17.5 Å². The predicted molar refractivity (Wildman–Crippen MR) is 147 cm³/mol. The Morgan fingerprint density at radius 1 is 1.12 bits per heavy atom. The smallest absolute Gasteiger partial charge is 0.225 e. The molecule has 6 nitrogen and oxygen atoms in total. The highest BCUT2D eigenvalue weighted by Crippen LogP contribution is 2.31. The topological polar surface area (TPSA) is 68.8 Å². The number of fused-ring (bicyclic) bond motifs is 1. The number of guanidine groups is 1. The maximum Gasteiger partial charge on any atom is 0.225 e. The molecule has 0 bridgehead atoms. The quantitative estimate of drug-likeness (QED) is 0.260. The average Bonchev–Trinajstić information content (AvgIpc) is 3.28. The van der Waals surface area contributed by atoms with Gasteiger partial charge in [-0.2, -0.15) is 0 Å². The summed E-state index contributed by atoms with van der Waals surface area (Å²) in [5.41, 5.74) is 3.53. The van der Waals surface area contributed by atoms with Crippen LogP contribution in [0.5, 0.6) is 0 Å². The number of rotatable bonds is 8. The molecule has 2 aliphatic heterocycles. The van der Waals surface area contributed by atoms with Crippen LogP contribution >= 0.6 is 24.0 Å². The van der Waals surface area contributed by atoms with E-state index in [1.54, 1.807) is 0 Å². The minimum Gasteiger partial charge on any atom is -0.357 e. The van der Waals surface area contributed by atoms with E-state index in [4.69, 9.17) is 4.99 Å². The summed E-state index contributed by atoms with van der Waals surface area (Å²) >= 11 is 0. The molecule has 0 aliphatic carbocycles. The van der Waals surface area contributed by atoms with Crippen molar-refractivity contribution in [2.24, 2.45) is 10.9 Å². The lowest BCUT2D eigenvalue weighted by atomic mass is 9.90. The third kappa shape index (κ3) is 7.43. The first-order valence-electron chi connectivity index (χ1n) is 11.9. The number of nitrogens with zero attached hydrogens (tertiary/aromatic N) is 2. The number of halogens is 1. The second-order valence-electron chi connectivity index (χ2n) is 8.83. The highest BCUT2D eigenvalue weighted by atomic mass is 127. The fourth-order valence-corrected chi connectivity index (χ4v) is 4.66. The minimum absolute atomic E-state index is 0. The number of anilines is 1. The van der Waals surface area contributed by atoms with E-state index in [1.807, 2.05) is 18.2 Å². The number of hydrogen-bond donors (Lipinski definition) is 3. The van der Waals surface area contributed by atoms with Gasteiger partial charge in [-0.15, -0.1) is 24.0 Å². The van der Waals surface area contributed by atoms with Gasteiger partial charge in [0.1, 0.15) is 0 Å². The van der Waals surface area contributed by atoms with E-state index >= 15 is 0 Å². The molecule has 1 saturated heterocycles. The van der Waals surface area contributed by atoms with Gasteiger partial charge in [0.25, 0.3) is 0 Å². The number of aliphatic imine (C=N–C) groups is 1. The van der Waals surface area contributed by atoms with Crippen molar-refractivity contribution in [3.8, 4) is 0 Å². The van der Waals surface area contributed by atoms with Crippen LogP contribution < -0.4 is 16.0 Å². The van der Waals surface area contributed by atoms with Crippen LogP contribution in [0.4, 0.5) is 5.69 Å². The Bertz CT molecular complexity index is 920. The van der Waals surface area contributed by atoms with Crippen LogP contribution in [0, 0.1) is 5.92 Å². The summed E-state index contributed by atoms with van der Waals surface area (Å²) in [6, 6.07) is 18.8. The third-order valence-electron chi connectivity index (χ3n) is 6.40. The maximum absolute atomic E-state index is 12.1. The zero-order valence-corrected chi connectivity index (χ0v) is 21.8. The molecule has 0 radical (unpaired) electrons. The lowest BCUT2D eigenvalue weighted by molar-refractivity contribution is -0.116. The van der Waals surface area contributed by atoms with Gasteiger partial charge in [0.05, 0.1) is 0 Å². The van der Waals surface area contributed by atoms with Crippen LogP contribution in [-0.4, -0.2) is 56.0 Å². The van der Waals surface area contributed by atoms with E-state index in [-0.39, 0.29) is 35.8 Å². The van der Waals surface area contributed by atoms with Crippen LogP contribution in [0.2, 0.25) is 0 Å². The molecule has 1 fully saturated rings. The summed E-state index contributed by atoms with van der Waals surface area (Å²) in [7, 11) is 0. The lowest BCUT2D eigenvalue weighted by Crippen LogP contribution is -2.41. The van der Waals surface area contributed by atoms with Gasteiger partial charge in [-0.3, -0.25) is 9.79 Å². The van der Waals surface area contributed by atoms with Crippen LogP contribution in [0.3, 0.4) is 0 Å². The van der Waals surface area contributed by atoms with Crippen molar-refractivity contribution in [2.45, 2.75) is 32.1 Å². The second kappa shape index (κ2) is 12.9. The number of carbonyl (C=O) groups excluding carboxylic acids is 1. The fraction of sp³-hybridized carbons (Fsp3) is 0.462. The Morgan fingerprint density at radius 2 is 1.91 bits per heavy atom. The van der Waals surface area contributed by atoms with E-state index in [9.17, 15) is 4.79 Å². The fourth-order valence-electron chi connectivity index (χ4n) is 4.66. The van der Waals surface area contributed by atoms with Gasteiger partial charge < -0.3 is 20.9 Å². The monoisotopic (exact) mass is 561 g/mol. The summed E-state index contributed by atoms with van der Waals surface area (Å²) in [6.07, 6.45) is 2.81. The maximum atomic E-state index is 12.1. The number of likely N-dealkylation sites (tertiary alicyclic amines) is 1. The summed E-state index contributed by atoms with van der Waals surface area (Å²) < 4.78 is 0. The number of para-hydroxylation sites is 1. The summed E-state index contributed by atoms with van der Waals surface area (Å²) in [6.45, 7) is 7.83. The lowest BCUT2D eigenvalue weighted by Gasteiger charge is -2.26. The first-order chi connectivity index (χ1) is 15.7. The number of carbonyl (C=O) groups is 1. The molecule has 0 spiro atoms. The van der Waals surface area contributed by atoms with Gasteiger partial charge in [-0.25, -0.2) is 0 Å². The van der Waals surface area contributed by atoms with Gasteiger partial charge in [0, 0.05) is 50.7 Å². The van der Waals surface area contributed by atoms with Crippen molar-refractivity contribution in [1.29, 1.82) is 0 Å². The normalized spacial score (nSPS) is 20.5. The Balaban J connectivity index is 0.00000306. The SMILES string of the molecule is CCNC(=NCC1CCN(CCc2ccccc2)C1)NCC1CC(=O)Nc2ccccc21.I. The minimum atomic E-state index is 0. The third-order valence-corrected chi connectivity index (χ3v) is 6.40. The van der Waals surface area contributed by atoms with Crippen molar-refractivity contribution < 1.29 is 4.79 Å². The molecular formula is C26H36IN5O. The number of nitrogens with one attached hydrogen (secondary N) is 3. The molecule has 178 valence electrons. The molecule has 2 atom stereocenters. The average molecular weight is 562 g/mol. The highest BCUT2D eigenvalue weighted by Gasteiger charge is 2.25. The van der Waals surface area contributed by atoms with E-state index in [0.717, 1.165) is 50.8 Å². The summed E-state index contributed by atoms with van der Waals surface area (Å²) in [4.78, 5) is 19.5. The molecule has 2 heterocycles. The molecule has 0 saturated carbocycles. The van der Waals surface area contributed by atoms with Gasteiger partial charge in [-0.1, -0.05) is 48.5 Å². The first kappa shape index (κ1) is 25.5. The molecular weight excluding hydrogens is 525 g/mol. The largest absolute Gasteiger partial charge is 0.357 e. The van der Waals surface area contributed by atoms with E-state index in [2.05, 4.69) is 64.2 Å². The van der Waals surface area contributed by atoms with Crippen molar-refractivity contribution in [3.63, 3.8) is 0 Å². The Kier molecular flexibility index (Phi) is 9.99. The van der Waals surface area contributed by atoms with E-state index < -0.39 is 0 Å². The van der Waals surface area contributed by atoms with Crippen molar-refractivity contribution >= 4 is 41.5 Å². The Morgan fingerprint density at radius 3 is 2.73 bits per heavy atom. The summed E-state index contributed by atoms with van der Waals surface area (Å²) in [5, 5.41) is 9.82. The summed E-state index contributed by atoms with van der Waals surface area (Å²) in [5.74, 6) is 1.68. The van der Waals surface area contributed by atoms with Crippen molar-refractivity contribution in [3.05, 3.63) is 65.7 Å². The van der Waals surface area contributed by atoms with Crippen LogP contribution in [-0.2, 0) is 11.2 Å². The number of hydrogen-bond acceptors (Lipinski definition) is 3. The van der Waals surface area contributed by atoms with Gasteiger partial charge >= 0.3 is 0 Å². The van der Waals surface area contributed by atoms with Crippen molar-refractivity contribution in [1.82, 2.24) is 15.5 Å². The van der Waals surface area contributed by atoms with Crippen LogP contribution in [0.25, 0.3) is 0 Å². The Hall–Kier alpha value is -2.13. The molecule has 2 unspecified atom stereocenters. The van der Waals surface area contributed by atoms with Gasteiger partial charge in [0.15, 0.2) is 5.96 Å². The molecule has 3 N–H and O–H groups in total. The highest BCUT2D eigenvalue weighted by molar-refractivity contribution is 14.0. The standard InChI is InChI=1S/C26H35N5O.HI/c1-2-27-26(29-18-22-16-25(32)30-24-11-7-6-10-23(22)24)28-17-21-13-15-31(19-21)14-12-20-8-4-3-5-9-20;/h3-11,21-22H,2,12-19H2,1H3,(H,30,32)(H2,27,28,29);1H. The molecule has 7 heteroatoms. The predicted octanol–water partition coefficient (Wildman–Crippen LogP) is 3.85. The van der Waals surface area contributed by atoms with Crippen molar-refractivity contribution in [2.75, 3.05) is 44.6 Å². The van der Waals surface area contributed by atoms with Crippen LogP contribution in [0.15, 0.2) is 59.6 Å².